The quantitative estimate of drug-likeness (QED) is 0.754. The van der Waals surface area contributed by atoms with Gasteiger partial charge in [-0.05, 0) is 36.2 Å². The van der Waals surface area contributed by atoms with E-state index in [1.165, 1.54) is 16.4 Å². The van der Waals surface area contributed by atoms with Crippen molar-refractivity contribution in [2.75, 3.05) is 0 Å². The second kappa shape index (κ2) is 5.18. The lowest BCUT2D eigenvalue weighted by molar-refractivity contribution is 0.917. The molecule has 0 amide bonds. The summed E-state index contributed by atoms with van der Waals surface area (Å²) < 4.78 is 0. The van der Waals surface area contributed by atoms with E-state index in [9.17, 15) is 0 Å². The Bertz CT molecular complexity index is 403. The molecule has 0 aliphatic carbocycles. The zero-order valence-electron chi connectivity index (χ0n) is 9.35. The maximum Gasteiger partial charge on any atom is 0.125 e. The van der Waals surface area contributed by atoms with Gasteiger partial charge in [0.1, 0.15) is 5.82 Å². The van der Waals surface area contributed by atoms with Crippen LogP contribution in [0, 0.1) is 6.92 Å². The molecular weight excluding hydrogens is 215 g/mol. The van der Waals surface area contributed by atoms with Crippen LogP contribution in [0.1, 0.15) is 17.0 Å². The van der Waals surface area contributed by atoms with Crippen molar-refractivity contribution in [1.82, 2.24) is 9.97 Å². The lowest BCUT2D eigenvalue weighted by Crippen LogP contribution is -1.96. The van der Waals surface area contributed by atoms with Gasteiger partial charge in [0.2, 0.25) is 0 Å². The van der Waals surface area contributed by atoms with E-state index in [1.807, 2.05) is 19.3 Å². The summed E-state index contributed by atoms with van der Waals surface area (Å²) in [6, 6.07) is 8.56. The van der Waals surface area contributed by atoms with Crippen LogP contribution in [0.5, 0.6) is 0 Å². The molecule has 0 fully saturated rings. The summed E-state index contributed by atoms with van der Waals surface area (Å²) in [4.78, 5) is 8.38. The van der Waals surface area contributed by atoms with Gasteiger partial charge in [0, 0.05) is 12.4 Å². The maximum absolute atomic E-state index is 4.19. The first kappa shape index (κ1) is 11.2. The van der Waals surface area contributed by atoms with E-state index in [0.717, 1.165) is 18.7 Å². The minimum atomic E-state index is 0.830. The molecule has 0 spiro atoms. The van der Waals surface area contributed by atoms with Crippen LogP contribution < -0.4 is 5.30 Å². The highest BCUT2D eigenvalue weighted by Crippen LogP contribution is 2.05. The molecule has 0 bridgehead atoms. The minimum Gasteiger partial charge on any atom is -0.241 e. The van der Waals surface area contributed by atoms with Crippen LogP contribution in [-0.2, 0) is 12.8 Å². The van der Waals surface area contributed by atoms with Crippen molar-refractivity contribution in [1.29, 1.82) is 0 Å². The maximum atomic E-state index is 4.19. The Hall–Kier alpha value is -1.27. The Kier molecular flexibility index (Phi) is 3.63. The molecule has 2 rings (SSSR count). The molecule has 82 valence electrons. The Morgan fingerprint density at radius 3 is 2.12 bits per heavy atom. The summed E-state index contributed by atoms with van der Waals surface area (Å²) in [6.45, 7) is 1.90. The number of nitrogens with zero attached hydrogens (tertiary/aromatic N) is 2. The number of aryl methyl sites for hydroxylation is 3. The predicted molar refractivity (Wildman–Crippen MR) is 70.0 cm³/mol. The lowest BCUT2D eigenvalue weighted by atomic mass is 10.1. The first-order valence-electron chi connectivity index (χ1n) is 5.36. The topological polar surface area (TPSA) is 25.8 Å². The van der Waals surface area contributed by atoms with E-state index in [-0.39, 0.29) is 0 Å². The second-order valence-corrected chi connectivity index (χ2v) is 4.55. The minimum absolute atomic E-state index is 0.830. The second-order valence-electron chi connectivity index (χ2n) is 3.88. The highest BCUT2D eigenvalue weighted by atomic mass is 31.0. The van der Waals surface area contributed by atoms with Gasteiger partial charge in [-0.1, -0.05) is 24.3 Å². The molecule has 1 unspecified atom stereocenters. The molecule has 1 heterocycles. The Balaban J connectivity index is 1.97. The van der Waals surface area contributed by atoms with Crippen molar-refractivity contribution in [3.05, 3.63) is 53.6 Å². The zero-order chi connectivity index (χ0) is 11.4. The van der Waals surface area contributed by atoms with Gasteiger partial charge >= 0.3 is 0 Å². The number of aromatic nitrogens is 2. The summed E-state index contributed by atoms with van der Waals surface area (Å²) in [7, 11) is 2.70. The third-order valence-electron chi connectivity index (χ3n) is 2.52. The Labute approximate surface area is 98.4 Å². The molecule has 0 N–H and O–H groups in total. The Morgan fingerprint density at radius 2 is 1.50 bits per heavy atom. The van der Waals surface area contributed by atoms with Gasteiger partial charge in [0.05, 0.1) is 0 Å². The van der Waals surface area contributed by atoms with Crippen LogP contribution in [0.15, 0.2) is 36.7 Å². The van der Waals surface area contributed by atoms with Crippen LogP contribution in [-0.4, -0.2) is 9.97 Å². The summed E-state index contributed by atoms with van der Waals surface area (Å²) >= 11 is 0. The lowest BCUT2D eigenvalue weighted by Gasteiger charge is -2.02. The van der Waals surface area contributed by atoms with Gasteiger partial charge in [-0.25, -0.2) is 9.97 Å². The fraction of sp³-hybridized carbons (Fsp3) is 0.231. The highest BCUT2D eigenvalue weighted by Gasteiger charge is 1.97. The van der Waals surface area contributed by atoms with Gasteiger partial charge in [0.15, 0.2) is 0 Å². The fourth-order valence-electron chi connectivity index (χ4n) is 1.52. The van der Waals surface area contributed by atoms with Gasteiger partial charge in [0.25, 0.3) is 0 Å². The number of hydrogen-bond donors (Lipinski definition) is 0. The molecule has 0 saturated carbocycles. The molecule has 2 aromatic rings. The number of benzene rings is 1. The largest absolute Gasteiger partial charge is 0.241 e. The standard InChI is InChI=1S/C13H15N2P/c1-10-14-8-12(9-15-10)3-2-11-4-6-13(16)7-5-11/h4-9H,2-3,16H2,1H3. The molecule has 0 aliphatic heterocycles. The van der Waals surface area contributed by atoms with Crippen LogP contribution in [0.4, 0.5) is 0 Å². The summed E-state index contributed by atoms with van der Waals surface area (Å²) in [5.41, 5.74) is 2.55. The van der Waals surface area contributed by atoms with E-state index in [1.54, 1.807) is 0 Å². The first-order valence-corrected chi connectivity index (χ1v) is 5.94. The van der Waals surface area contributed by atoms with Gasteiger partial charge in [-0.2, -0.15) is 0 Å². The van der Waals surface area contributed by atoms with Crippen molar-refractivity contribution < 1.29 is 0 Å². The number of hydrogen-bond acceptors (Lipinski definition) is 2. The van der Waals surface area contributed by atoms with E-state index in [0.29, 0.717) is 0 Å². The van der Waals surface area contributed by atoms with E-state index < -0.39 is 0 Å². The van der Waals surface area contributed by atoms with Gasteiger partial charge < -0.3 is 0 Å². The molecule has 3 heteroatoms. The molecule has 1 aromatic carbocycles. The van der Waals surface area contributed by atoms with Gasteiger partial charge in [-0.3, -0.25) is 0 Å². The highest BCUT2D eigenvalue weighted by molar-refractivity contribution is 7.27. The molecule has 1 atom stereocenters. The van der Waals surface area contributed by atoms with Crippen LogP contribution in [0.2, 0.25) is 0 Å². The van der Waals surface area contributed by atoms with Crippen LogP contribution in [0.25, 0.3) is 0 Å². The van der Waals surface area contributed by atoms with Crippen molar-refractivity contribution in [3.8, 4) is 0 Å². The van der Waals surface area contributed by atoms with Crippen molar-refractivity contribution in [2.24, 2.45) is 0 Å². The molecule has 0 saturated heterocycles. The first-order chi connectivity index (χ1) is 7.74. The third-order valence-corrected chi connectivity index (χ3v) is 2.90. The van der Waals surface area contributed by atoms with E-state index in [2.05, 4.69) is 43.5 Å². The average molecular weight is 230 g/mol. The summed E-state index contributed by atoms with van der Waals surface area (Å²) in [5.74, 6) is 0.830. The third kappa shape index (κ3) is 3.11. The van der Waals surface area contributed by atoms with Crippen molar-refractivity contribution in [3.63, 3.8) is 0 Å². The molecule has 16 heavy (non-hydrogen) atoms. The van der Waals surface area contributed by atoms with Crippen LogP contribution >= 0.6 is 9.24 Å². The molecule has 0 radical (unpaired) electrons. The molecule has 1 aromatic heterocycles. The van der Waals surface area contributed by atoms with Crippen LogP contribution in [0.3, 0.4) is 0 Å². The van der Waals surface area contributed by atoms with Crippen molar-refractivity contribution in [2.45, 2.75) is 19.8 Å². The molecule has 2 nitrogen and oxygen atoms in total. The normalized spacial score (nSPS) is 10.4. The summed E-state index contributed by atoms with van der Waals surface area (Å²) in [5, 5.41) is 1.22. The number of rotatable bonds is 3. The predicted octanol–water partition coefficient (Wildman–Crippen LogP) is 2.07. The van der Waals surface area contributed by atoms with E-state index in [4.69, 9.17) is 0 Å². The monoisotopic (exact) mass is 230 g/mol. The smallest absolute Gasteiger partial charge is 0.125 e. The average Bonchev–Trinajstić information content (AvgIpc) is 2.30. The SMILES string of the molecule is Cc1ncc(CCc2ccc(P)cc2)cn1. The molecular formula is C13H15N2P. The zero-order valence-corrected chi connectivity index (χ0v) is 10.5. The molecule has 0 aliphatic rings. The fourth-order valence-corrected chi connectivity index (χ4v) is 1.71. The Morgan fingerprint density at radius 1 is 0.938 bits per heavy atom. The summed E-state index contributed by atoms with van der Waals surface area (Å²) in [6.07, 6.45) is 5.85. The van der Waals surface area contributed by atoms with E-state index >= 15 is 0 Å². The van der Waals surface area contributed by atoms with Gasteiger partial charge in [-0.15, -0.1) is 9.24 Å². The van der Waals surface area contributed by atoms with Crippen molar-refractivity contribution >= 4 is 14.5 Å².